The third-order valence-corrected chi connectivity index (χ3v) is 4.79. The molecule has 0 aliphatic carbocycles. The second-order valence-corrected chi connectivity index (χ2v) is 7.10. The fourth-order valence-corrected chi connectivity index (χ4v) is 2.90. The summed E-state index contributed by atoms with van der Waals surface area (Å²) in [7, 11) is 1.73. The van der Waals surface area contributed by atoms with Crippen LogP contribution in [-0.2, 0) is 4.79 Å². The van der Waals surface area contributed by atoms with E-state index in [0.29, 0.717) is 18.7 Å². The smallest absolute Gasteiger partial charge is 0.238 e. The summed E-state index contributed by atoms with van der Waals surface area (Å²) in [5, 5.41) is 33.4. The van der Waals surface area contributed by atoms with Gasteiger partial charge in [0.05, 0.1) is 12.6 Å². The van der Waals surface area contributed by atoms with E-state index in [1.54, 1.807) is 13.1 Å². The number of amides is 1. The molecule has 30 heavy (non-hydrogen) atoms. The third kappa shape index (κ3) is 8.02. The molecule has 7 nitrogen and oxygen atoms in total. The van der Waals surface area contributed by atoms with Gasteiger partial charge in [0.1, 0.15) is 0 Å². The van der Waals surface area contributed by atoms with Crippen LogP contribution in [-0.4, -0.2) is 59.4 Å². The van der Waals surface area contributed by atoms with Crippen molar-refractivity contribution in [2.45, 2.75) is 33.8 Å². The van der Waals surface area contributed by atoms with Crippen LogP contribution in [0, 0.1) is 13.8 Å². The Morgan fingerprint density at radius 1 is 1.03 bits per heavy atom. The van der Waals surface area contributed by atoms with Crippen LogP contribution in [0.15, 0.2) is 36.4 Å². The van der Waals surface area contributed by atoms with E-state index in [4.69, 9.17) is 10.2 Å². The Hall–Kier alpha value is -2.61. The van der Waals surface area contributed by atoms with Gasteiger partial charge in [-0.3, -0.25) is 9.69 Å². The molecule has 0 saturated carbocycles. The molecule has 0 aliphatic heterocycles. The van der Waals surface area contributed by atoms with Crippen molar-refractivity contribution in [2.75, 3.05) is 38.5 Å². The first-order chi connectivity index (χ1) is 14.2. The van der Waals surface area contributed by atoms with E-state index >= 15 is 0 Å². The minimum Gasteiger partial charge on any atom is -0.504 e. The Morgan fingerprint density at radius 2 is 1.63 bits per heavy atom. The highest BCUT2D eigenvalue weighted by Crippen LogP contribution is 2.27. The number of likely N-dealkylation sites (N-methyl/N-ethyl adjacent to an activating group) is 2. The number of phenols is 2. The Balaban J connectivity index is 0.000000311. The van der Waals surface area contributed by atoms with Crippen molar-refractivity contribution in [2.24, 2.45) is 0 Å². The Kier molecular flexibility index (Phi) is 10.9. The van der Waals surface area contributed by atoms with Crippen molar-refractivity contribution in [3.05, 3.63) is 53.1 Å². The molecule has 0 aliphatic rings. The lowest BCUT2D eigenvalue weighted by Crippen LogP contribution is -2.33. The van der Waals surface area contributed by atoms with Crippen LogP contribution in [0.2, 0.25) is 0 Å². The molecule has 7 heteroatoms. The number of hydrogen-bond donors (Lipinski definition) is 5. The number of aromatic hydroxyl groups is 2. The molecular formula is C23H35N3O4. The lowest BCUT2D eigenvalue weighted by molar-refractivity contribution is -0.117. The van der Waals surface area contributed by atoms with E-state index in [1.165, 1.54) is 12.1 Å². The first-order valence-electron chi connectivity index (χ1n) is 10.2. The zero-order valence-electron chi connectivity index (χ0n) is 18.6. The number of aliphatic hydroxyl groups excluding tert-OH is 1. The number of benzene rings is 2. The molecule has 1 atom stereocenters. The summed E-state index contributed by atoms with van der Waals surface area (Å²) in [5.74, 6) is -0.334. The van der Waals surface area contributed by atoms with E-state index in [2.05, 4.69) is 29.4 Å². The number of anilines is 1. The summed E-state index contributed by atoms with van der Waals surface area (Å²) in [6, 6.07) is 10.3. The highest BCUT2D eigenvalue weighted by molar-refractivity contribution is 5.93. The van der Waals surface area contributed by atoms with Gasteiger partial charge >= 0.3 is 0 Å². The standard InChI is InChI=1S/C14H22N2O.C9H13NO3/c1-5-16(6-2)10-13(17)15-14-11(3)8-7-9-12(14)4;1-10-5-9(13)6-2-3-7(11)8(12)4-6/h7-9H,5-6,10H2,1-4H3,(H,15,17);2-4,9-13H,5H2,1H3. The average Bonchev–Trinajstić information content (AvgIpc) is 2.71. The molecule has 0 aromatic heterocycles. The number of phenolic OH excluding ortho intramolecular Hbond substituents is 2. The van der Waals surface area contributed by atoms with Gasteiger partial charge in [-0.2, -0.15) is 0 Å². The van der Waals surface area contributed by atoms with Crippen LogP contribution in [0.25, 0.3) is 0 Å². The Morgan fingerprint density at radius 3 is 2.13 bits per heavy atom. The van der Waals surface area contributed by atoms with Gasteiger partial charge in [-0.15, -0.1) is 0 Å². The van der Waals surface area contributed by atoms with Gasteiger partial charge < -0.3 is 26.0 Å². The van der Waals surface area contributed by atoms with Gasteiger partial charge in [0, 0.05) is 12.2 Å². The maximum Gasteiger partial charge on any atom is 0.238 e. The molecule has 5 N–H and O–H groups in total. The molecule has 0 spiro atoms. The number of nitrogens with zero attached hydrogens (tertiary/aromatic N) is 1. The topological polar surface area (TPSA) is 105 Å². The highest BCUT2D eigenvalue weighted by atomic mass is 16.3. The molecule has 1 amide bonds. The van der Waals surface area contributed by atoms with Crippen molar-refractivity contribution in [1.29, 1.82) is 0 Å². The number of rotatable bonds is 8. The first-order valence-corrected chi connectivity index (χ1v) is 10.2. The molecule has 2 aromatic carbocycles. The van der Waals surface area contributed by atoms with Crippen LogP contribution in [0.1, 0.15) is 36.6 Å². The number of para-hydroxylation sites is 1. The van der Waals surface area contributed by atoms with Gasteiger partial charge in [-0.05, 0) is 62.8 Å². The second-order valence-electron chi connectivity index (χ2n) is 7.10. The maximum atomic E-state index is 11.9. The minimum absolute atomic E-state index is 0.0612. The number of aliphatic hydroxyl groups is 1. The minimum atomic E-state index is -0.670. The van der Waals surface area contributed by atoms with E-state index in [1.807, 2.05) is 32.0 Å². The molecule has 2 aromatic rings. The van der Waals surface area contributed by atoms with Gasteiger partial charge in [0.2, 0.25) is 5.91 Å². The molecule has 166 valence electrons. The van der Waals surface area contributed by atoms with Gasteiger partial charge in [-0.25, -0.2) is 0 Å². The number of nitrogens with one attached hydrogen (secondary N) is 2. The Labute approximate surface area is 179 Å². The molecule has 0 fully saturated rings. The lowest BCUT2D eigenvalue weighted by Gasteiger charge is -2.18. The summed E-state index contributed by atoms with van der Waals surface area (Å²) in [5.41, 5.74) is 3.74. The number of carbonyl (C=O) groups excluding carboxylic acids is 1. The Bertz CT molecular complexity index is 787. The van der Waals surface area contributed by atoms with E-state index in [0.717, 1.165) is 29.9 Å². The molecule has 1 unspecified atom stereocenters. The number of carbonyl (C=O) groups is 1. The van der Waals surface area contributed by atoms with Crippen LogP contribution in [0.5, 0.6) is 11.5 Å². The van der Waals surface area contributed by atoms with Gasteiger partial charge in [0.25, 0.3) is 0 Å². The van der Waals surface area contributed by atoms with Crippen molar-refractivity contribution in [1.82, 2.24) is 10.2 Å². The second kappa shape index (κ2) is 12.8. The molecular weight excluding hydrogens is 382 g/mol. The van der Waals surface area contributed by atoms with Crippen molar-refractivity contribution < 1.29 is 20.1 Å². The maximum absolute atomic E-state index is 11.9. The molecule has 2 rings (SSSR count). The number of aryl methyl sites for hydroxylation is 2. The quantitative estimate of drug-likeness (QED) is 0.423. The predicted molar refractivity (Wildman–Crippen MR) is 121 cm³/mol. The highest BCUT2D eigenvalue weighted by Gasteiger charge is 2.10. The monoisotopic (exact) mass is 417 g/mol. The summed E-state index contributed by atoms with van der Waals surface area (Å²) in [6.07, 6.45) is -0.670. The molecule has 0 saturated heterocycles. The predicted octanol–water partition coefficient (Wildman–Crippen LogP) is 2.93. The zero-order valence-corrected chi connectivity index (χ0v) is 18.6. The third-order valence-electron chi connectivity index (χ3n) is 4.79. The van der Waals surface area contributed by atoms with Crippen molar-refractivity contribution in [3.8, 4) is 11.5 Å². The summed E-state index contributed by atoms with van der Waals surface area (Å²) in [6.45, 7) is 10.8. The summed E-state index contributed by atoms with van der Waals surface area (Å²) >= 11 is 0. The van der Waals surface area contributed by atoms with Crippen molar-refractivity contribution in [3.63, 3.8) is 0 Å². The molecule has 0 bridgehead atoms. The zero-order chi connectivity index (χ0) is 22.7. The lowest BCUT2D eigenvalue weighted by atomic mass is 10.1. The summed E-state index contributed by atoms with van der Waals surface area (Å²) in [4.78, 5) is 14.0. The van der Waals surface area contributed by atoms with Crippen LogP contribution >= 0.6 is 0 Å². The van der Waals surface area contributed by atoms with E-state index in [9.17, 15) is 9.90 Å². The fourth-order valence-electron chi connectivity index (χ4n) is 2.90. The first kappa shape index (κ1) is 25.4. The van der Waals surface area contributed by atoms with Crippen LogP contribution in [0.3, 0.4) is 0 Å². The van der Waals surface area contributed by atoms with Crippen LogP contribution in [0.4, 0.5) is 5.69 Å². The van der Waals surface area contributed by atoms with Crippen molar-refractivity contribution >= 4 is 11.6 Å². The van der Waals surface area contributed by atoms with Gasteiger partial charge in [-0.1, -0.05) is 38.1 Å². The largest absolute Gasteiger partial charge is 0.504 e. The SMILES string of the molecule is CCN(CC)CC(=O)Nc1c(C)cccc1C.CNCC(O)c1ccc(O)c(O)c1. The normalized spacial score (nSPS) is 11.6. The number of hydrogen-bond acceptors (Lipinski definition) is 6. The van der Waals surface area contributed by atoms with Gasteiger partial charge in [0.15, 0.2) is 11.5 Å². The molecule has 0 heterocycles. The van der Waals surface area contributed by atoms with Crippen LogP contribution < -0.4 is 10.6 Å². The summed E-state index contributed by atoms with van der Waals surface area (Å²) < 4.78 is 0. The average molecular weight is 418 g/mol. The van der Waals surface area contributed by atoms with E-state index < -0.39 is 6.10 Å². The fraction of sp³-hybridized carbons (Fsp3) is 0.435. The molecule has 0 radical (unpaired) electrons. The van der Waals surface area contributed by atoms with E-state index in [-0.39, 0.29) is 17.4 Å².